The minimum absolute atomic E-state index is 0.0349. The first kappa shape index (κ1) is 21.9. The second kappa shape index (κ2) is 9.46. The summed E-state index contributed by atoms with van der Waals surface area (Å²) in [6.45, 7) is 4.40. The van der Waals surface area contributed by atoms with Gasteiger partial charge in [0.25, 0.3) is 0 Å². The lowest BCUT2D eigenvalue weighted by molar-refractivity contribution is -0.133. The Hall–Kier alpha value is -3.30. The van der Waals surface area contributed by atoms with Crippen LogP contribution in [-0.2, 0) is 21.7 Å². The number of nitrogens with zero attached hydrogens (tertiary/aromatic N) is 4. The van der Waals surface area contributed by atoms with E-state index in [4.69, 9.17) is 4.74 Å². The van der Waals surface area contributed by atoms with Gasteiger partial charge in [0, 0.05) is 24.3 Å². The number of aromatic nitrogens is 3. The lowest BCUT2D eigenvalue weighted by Gasteiger charge is -2.27. The zero-order valence-electron chi connectivity index (χ0n) is 17.9. The molecule has 1 fully saturated rings. The third-order valence-electron chi connectivity index (χ3n) is 5.44. The third kappa shape index (κ3) is 5.30. The van der Waals surface area contributed by atoms with Crippen LogP contribution in [0.2, 0.25) is 0 Å². The van der Waals surface area contributed by atoms with Crippen molar-refractivity contribution in [1.82, 2.24) is 19.9 Å². The van der Waals surface area contributed by atoms with Gasteiger partial charge in [0.2, 0.25) is 5.91 Å². The minimum atomic E-state index is -1.23. The van der Waals surface area contributed by atoms with Crippen molar-refractivity contribution in [2.75, 3.05) is 38.2 Å². The molecule has 2 aromatic carbocycles. The Morgan fingerprint density at radius 1 is 1.22 bits per heavy atom. The first-order valence-corrected chi connectivity index (χ1v) is 10.5. The predicted molar refractivity (Wildman–Crippen MR) is 117 cm³/mol. The molecule has 168 valence electrons. The van der Waals surface area contributed by atoms with Gasteiger partial charge >= 0.3 is 0 Å². The van der Waals surface area contributed by atoms with Crippen molar-refractivity contribution in [3.8, 4) is 11.3 Å². The molecule has 1 aliphatic rings. The number of morpholine rings is 1. The van der Waals surface area contributed by atoms with Crippen LogP contribution in [0, 0.1) is 5.82 Å². The van der Waals surface area contributed by atoms with Gasteiger partial charge < -0.3 is 20.1 Å². The molecule has 1 saturated heterocycles. The summed E-state index contributed by atoms with van der Waals surface area (Å²) in [5, 5.41) is 22.3. The Morgan fingerprint density at radius 2 is 1.97 bits per heavy atom. The molecule has 32 heavy (non-hydrogen) atoms. The molecule has 0 radical (unpaired) electrons. The van der Waals surface area contributed by atoms with E-state index < -0.39 is 5.60 Å². The second-order valence-electron chi connectivity index (χ2n) is 8.01. The SMILES string of the molecule is CC(O)(Cn1cc(-c2cccc(NCC(=O)N3CCOCC3)c2)nn1)c1ccc(F)cc1. The molecule has 0 spiro atoms. The highest BCUT2D eigenvalue weighted by atomic mass is 19.1. The van der Waals surface area contributed by atoms with Crippen molar-refractivity contribution >= 4 is 11.6 Å². The standard InChI is InChI=1S/C23H26FN5O3/c1-23(31,18-5-7-19(24)8-6-18)16-29-15-21(26-27-29)17-3-2-4-20(13-17)25-14-22(30)28-9-11-32-12-10-28/h2-8,13,15,25,31H,9-12,14,16H2,1H3. The van der Waals surface area contributed by atoms with E-state index in [1.807, 2.05) is 24.3 Å². The Balaban J connectivity index is 1.40. The summed E-state index contributed by atoms with van der Waals surface area (Å²) in [6, 6.07) is 13.3. The number of hydrogen-bond acceptors (Lipinski definition) is 6. The summed E-state index contributed by atoms with van der Waals surface area (Å²) in [6.07, 6.45) is 1.75. The summed E-state index contributed by atoms with van der Waals surface area (Å²) in [5.74, 6) is -0.319. The number of carbonyl (C=O) groups is 1. The highest BCUT2D eigenvalue weighted by molar-refractivity contribution is 5.81. The van der Waals surface area contributed by atoms with Crippen LogP contribution < -0.4 is 5.32 Å². The molecule has 1 aromatic heterocycles. The van der Waals surface area contributed by atoms with Crippen molar-refractivity contribution in [3.63, 3.8) is 0 Å². The van der Waals surface area contributed by atoms with E-state index in [-0.39, 0.29) is 24.8 Å². The molecule has 0 aliphatic carbocycles. The first-order chi connectivity index (χ1) is 15.4. The van der Waals surface area contributed by atoms with Crippen molar-refractivity contribution in [1.29, 1.82) is 0 Å². The molecular weight excluding hydrogens is 413 g/mol. The normalized spacial score (nSPS) is 15.9. The van der Waals surface area contributed by atoms with E-state index in [0.717, 1.165) is 11.3 Å². The lowest BCUT2D eigenvalue weighted by atomic mass is 9.96. The van der Waals surface area contributed by atoms with Crippen LogP contribution in [0.25, 0.3) is 11.3 Å². The number of hydrogen-bond donors (Lipinski definition) is 2. The van der Waals surface area contributed by atoms with Gasteiger partial charge in [0.15, 0.2) is 0 Å². The number of benzene rings is 2. The molecule has 3 aromatic rings. The lowest BCUT2D eigenvalue weighted by Crippen LogP contribution is -2.43. The van der Waals surface area contributed by atoms with Crippen molar-refractivity contribution < 1.29 is 19.0 Å². The molecule has 4 rings (SSSR count). The molecule has 1 unspecified atom stereocenters. The van der Waals surface area contributed by atoms with Crippen LogP contribution in [0.5, 0.6) is 0 Å². The highest BCUT2D eigenvalue weighted by Crippen LogP contribution is 2.25. The summed E-state index contributed by atoms with van der Waals surface area (Å²) in [7, 11) is 0. The van der Waals surface area contributed by atoms with E-state index in [2.05, 4.69) is 15.6 Å². The summed E-state index contributed by atoms with van der Waals surface area (Å²) in [5.41, 5.74) is 1.63. The fourth-order valence-corrected chi connectivity index (χ4v) is 3.61. The monoisotopic (exact) mass is 439 g/mol. The molecule has 1 atom stereocenters. The Labute approximate surface area is 185 Å². The number of halogens is 1. The van der Waals surface area contributed by atoms with Gasteiger partial charge in [0.1, 0.15) is 17.1 Å². The van der Waals surface area contributed by atoms with Crippen LogP contribution in [0.15, 0.2) is 54.7 Å². The number of carbonyl (C=O) groups excluding carboxylic acids is 1. The highest BCUT2D eigenvalue weighted by Gasteiger charge is 2.25. The average Bonchev–Trinajstić information content (AvgIpc) is 3.26. The first-order valence-electron chi connectivity index (χ1n) is 10.5. The van der Waals surface area contributed by atoms with Gasteiger partial charge in [0.05, 0.1) is 32.5 Å². The smallest absolute Gasteiger partial charge is 0.242 e. The fraction of sp³-hybridized carbons (Fsp3) is 0.348. The summed E-state index contributed by atoms with van der Waals surface area (Å²) < 4.78 is 20.0. The molecule has 9 heteroatoms. The van der Waals surface area contributed by atoms with Gasteiger partial charge in [-0.2, -0.15) is 0 Å². The average molecular weight is 439 g/mol. The van der Waals surface area contributed by atoms with Gasteiger partial charge in [-0.1, -0.05) is 29.5 Å². The number of amides is 1. The van der Waals surface area contributed by atoms with Gasteiger partial charge in [-0.3, -0.25) is 4.79 Å². The van der Waals surface area contributed by atoms with Crippen molar-refractivity contribution in [2.24, 2.45) is 0 Å². The van der Waals surface area contributed by atoms with Crippen LogP contribution in [0.1, 0.15) is 12.5 Å². The Bertz CT molecular complexity index is 1060. The molecule has 1 amide bonds. The molecule has 8 nitrogen and oxygen atoms in total. The summed E-state index contributed by atoms with van der Waals surface area (Å²) >= 11 is 0. The van der Waals surface area contributed by atoms with E-state index in [0.29, 0.717) is 37.6 Å². The molecule has 0 saturated carbocycles. The maximum Gasteiger partial charge on any atom is 0.242 e. The predicted octanol–water partition coefficient (Wildman–Crippen LogP) is 2.26. The zero-order chi connectivity index (χ0) is 22.6. The van der Waals surface area contributed by atoms with Crippen LogP contribution in [-0.4, -0.2) is 63.8 Å². The third-order valence-corrected chi connectivity index (χ3v) is 5.44. The quantitative estimate of drug-likeness (QED) is 0.587. The van der Waals surface area contributed by atoms with Crippen LogP contribution >= 0.6 is 0 Å². The van der Waals surface area contributed by atoms with E-state index in [1.54, 1.807) is 34.8 Å². The second-order valence-corrected chi connectivity index (χ2v) is 8.01. The van der Waals surface area contributed by atoms with Crippen LogP contribution in [0.3, 0.4) is 0 Å². The van der Waals surface area contributed by atoms with Crippen molar-refractivity contribution in [2.45, 2.75) is 19.1 Å². The molecule has 2 heterocycles. The Morgan fingerprint density at radius 3 is 2.72 bits per heavy atom. The van der Waals surface area contributed by atoms with Crippen molar-refractivity contribution in [3.05, 3.63) is 66.1 Å². The maximum absolute atomic E-state index is 13.2. The number of ether oxygens (including phenoxy) is 1. The van der Waals surface area contributed by atoms with E-state index in [1.165, 1.54) is 12.1 Å². The molecular formula is C23H26FN5O3. The summed E-state index contributed by atoms with van der Waals surface area (Å²) in [4.78, 5) is 14.1. The minimum Gasteiger partial charge on any atom is -0.384 e. The molecule has 2 N–H and O–H groups in total. The molecule has 0 bridgehead atoms. The van der Waals surface area contributed by atoms with E-state index >= 15 is 0 Å². The maximum atomic E-state index is 13.2. The Kier molecular flexibility index (Phi) is 6.48. The zero-order valence-corrected chi connectivity index (χ0v) is 17.9. The fourth-order valence-electron chi connectivity index (χ4n) is 3.61. The van der Waals surface area contributed by atoms with Gasteiger partial charge in [-0.25, -0.2) is 9.07 Å². The number of rotatable bonds is 7. The van der Waals surface area contributed by atoms with Gasteiger partial charge in [-0.15, -0.1) is 5.10 Å². The number of aliphatic hydroxyl groups is 1. The molecule has 1 aliphatic heterocycles. The topological polar surface area (TPSA) is 92.5 Å². The van der Waals surface area contributed by atoms with Crippen LogP contribution in [0.4, 0.5) is 10.1 Å². The van der Waals surface area contributed by atoms with E-state index in [9.17, 15) is 14.3 Å². The number of anilines is 1. The number of nitrogens with one attached hydrogen (secondary N) is 1. The van der Waals surface area contributed by atoms with Gasteiger partial charge in [-0.05, 0) is 36.8 Å². The largest absolute Gasteiger partial charge is 0.384 e.